The first-order valence-electron chi connectivity index (χ1n) is 6.45. The third kappa shape index (κ3) is 3.60. The normalized spacial score (nSPS) is 10.4. The minimum atomic E-state index is -0.202. The molecule has 0 atom stereocenters. The van der Waals surface area contributed by atoms with Crippen LogP contribution in [0.2, 0.25) is 0 Å². The van der Waals surface area contributed by atoms with Crippen molar-refractivity contribution in [2.75, 3.05) is 11.9 Å². The maximum Gasteiger partial charge on any atom is 0.263 e. The lowest BCUT2D eigenvalue weighted by Gasteiger charge is -2.09. The number of benzene rings is 1. The maximum atomic E-state index is 11.8. The van der Waals surface area contributed by atoms with Gasteiger partial charge in [-0.15, -0.1) is 0 Å². The second-order valence-corrected chi connectivity index (χ2v) is 4.95. The van der Waals surface area contributed by atoms with Crippen molar-refractivity contribution in [3.05, 3.63) is 41.1 Å². The lowest BCUT2D eigenvalue weighted by molar-refractivity contribution is -0.118. The van der Waals surface area contributed by atoms with Crippen LogP contribution in [0.4, 0.5) is 5.82 Å². The van der Waals surface area contributed by atoms with Crippen molar-refractivity contribution in [2.24, 2.45) is 7.05 Å². The Kier molecular flexibility index (Phi) is 4.08. The fraction of sp³-hybridized carbons (Fsp3) is 0.333. The van der Waals surface area contributed by atoms with Crippen molar-refractivity contribution < 1.29 is 9.53 Å². The fourth-order valence-corrected chi connectivity index (χ4v) is 2.07. The standard InChI is InChI=1S/C15H19N3O2/c1-10-5-11(2)7-13(6-10)20-9-15(19)16-14-8-12(3)17-18(14)4/h5-8H,9H2,1-4H3,(H,16,19). The van der Waals surface area contributed by atoms with Crippen LogP contribution in [0.15, 0.2) is 24.3 Å². The van der Waals surface area contributed by atoms with Crippen molar-refractivity contribution in [2.45, 2.75) is 20.8 Å². The number of carbonyl (C=O) groups is 1. The summed E-state index contributed by atoms with van der Waals surface area (Å²) < 4.78 is 7.14. The van der Waals surface area contributed by atoms with E-state index in [4.69, 9.17) is 4.74 Å². The number of nitrogens with one attached hydrogen (secondary N) is 1. The van der Waals surface area contributed by atoms with E-state index in [1.54, 1.807) is 11.7 Å². The second kappa shape index (κ2) is 5.77. The molecule has 1 amide bonds. The molecule has 106 valence electrons. The number of nitrogens with zero attached hydrogens (tertiary/aromatic N) is 2. The number of aromatic nitrogens is 2. The Balaban J connectivity index is 1.93. The first-order chi connectivity index (χ1) is 9.44. The van der Waals surface area contributed by atoms with Gasteiger partial charge in [-0.2, -0.15) is 5.10 Å². The van der Waals surface area contributed by atoms with E-state index in [0.717, 1.165) is 16.8 Å². The van der Waals surface area contributed by atoms with E-state index >= 15 is 0 Å². The molecule has 5 nitrogen and oxygen atoms in total. The van der Waals surface area contributed by atoms with E-state index in [0.29, 0.717) is 11.6 Å². The zero-order chi connectivity index (χ0) is 14.7. The Morgan fingerprint density at radius 1 is 1.20 bits per heavy atom. The molecule has 20 heavy (non-hydrogen) atoms. The highest BCUT2D eigenvalue weighted by Crippen LogP contribution is 2.16. The number of aryl methyl sites for hydroxylation is 4. The molecule has 0 spiro atoms. The molecule has 0 unspecified atom stereocenters. The first-order valence-corrected chi connectivity index (χ1v) is 6.45. The fourth-order valence-electron chi connectivity index (χ4n) is 2.07. The molecule has 0 radical (unpaired) electrons. The molecule has 0 aliphatic rings. The first kappa shape index (κ1) is 14.1. The van der Waals surface area contributed by atoms with Crippen LogP contribution < -0.4 is 10.1 Å². The number of amides is 1. The Labute approximate surface area is 118 Å². The second-order valence-electron chi connectivity index (χ2n) is 4.95. The number of hydrogen-bond donors (Lipinski definition) is 1. The zero-order valence-corrected chi connectivity index (χ0v) is 12.2. The molecule has 5 heteroatoms. The van der Waals surface area contributed by atoms with Gasteiger partial charge in [0.05, 0.1) is 5.69 Å². The molecule has 1 aromatic heterocycles. The summed E-state index contributed by atoms with van der Waals surface area (Å²) in [7, 11) is 1.79. The largest absolute Gasteiger partial charge is 0.484 e. The number of carbonyl (C=O) groups excluding carboxylic acids is 1. The van der Waals surface area contributed by atoms with Gasteiger partial charge >= 0.3 is 0 Å². The van der Waals surface area contributed by atoms with Crippen LogP contribution in [-0.2, 0) is 11.8 Å². The molecule has 0 bridgehead atoms. The van der Waals surface area contributed by atoms with Crippen LogP contribution in [0.25, 0.3) is 0 Å². The molecule has 1 heterocycles. The molecule has 0 saturated heterocycles. The van der Waals surface area contributed by atoms with E-state index in [2.05, 4.69) is 16.5 Å². The van der Waals surface area contributed by atoms with Gasteiger partial charge in [0.2, 0.25) is 0 Å². The molecule has 2 rings (SSSR count). The topological polar surface area (TPSA) is 56.1 Å². The summed E-state index contributed by atoms with van der Waals surface area (Å²) in [5, 5.41) is 6.93. The zero-order valence-electron chi connectivity index (χ0n) is 12.2. The van der Waals surface area contributed by atoms with Crippen molar-refractivity contribution >= 4 is 11.7 Å². The summed E-state index contributed by atoms with van der Waals surface area (Å²) in [5.74, 6) is 1.17. The minimum Gasteiger partial charge on any atom is -0.484 e. The van der Waals surface area contributed by atoms with Crippen LogP contribution in [0.1, 0.15) is 16.8 Å². The van der Waals surface area contributed by atoms with E-state index in [1.165, 1.54) is 0 Å². The van der Waals surface area contributed by atoms with Gasteiger partial charge in [0, 0.05) is 13.1 Å². The number of anilines is 1. The minimum absolute atomic E-state index is 0.0207. The Morgan fingerprint density at radius 3 is 2.40 bits per heavy atom. The lowest BCUT2D eigenvalue weighted by Crippen LogP contribution is -2.21. The quantitative estimate of drug-likeness (QED) is 0.930. The van der Waals surface area contributed by atoms with Crippen LogP contribution in [0.5, 0.6) is 5.75 Å². The van der Waals surface area contributed by atoms with E-state index in [1.807, 2.05) is 39.0 Å². The predicted octanol–water partition coefficient (Wildman–Crippen LogP) is 2.36. The van der Waals surface area contributed by atoms with Crippen molar-refractivity contribution in [3.8, 4) is 5.75 Å². The SMILES string of the molecule is Cc1cc(C)cc(OCC(=O)Nc2cc(C)nn2C)c1. The van der Waals surface area contributed by atoms with E-state index in [9.17, 15) is 4.79 Å². The van der Waals surface area contributed by atoms with Gasteiger partial charge < -0.3 is 10.1 Å². The number of ether oxygens (including phenoxy) is 1. The molecule has 1 aromatic carbocycles. The smallest absolute Gasteiger partial charge is 0.263 e. The van der Waals surface area contributed by atoms with Gasteiger partial charge in [-0.1, -0.05) is 6.07 Å². The molecule has 0 fully saturated rings. The van der Waals surface area contributed by atoms with Crippen molar-refractivity contribution in [3.63, 3.8) is 0 Å². The Hall–Kier alpha value is -2.30. The highest BCUT2D eigenvalue weighted by Gasteiger charge is 2.08. The van der Waals surface area contributed by atoms with Crippen molar-refractivity contribution in [1.82, 2.24) is 9.78 Å². The summed E-state index contributed by atoms with van der Waals surface area (Å²) in [4.78, 5) is 11.8. The number of hydrogen-bond acceptors (Lipinski definition) is 3. The predicted molar refractivity (Wildman–Crippen MR) is 78.0 cm³/mol. The van der Waals surface area contributed by atoms with Crippen LogP contribution >= 0.6 is 0 Å². The number of rotatable bonds is 4. The Bertz CT molecular complexity index is 612. The highest BCUT2D eigenvalue weighted by molar-refractivity contribution is 5.91. The van der Waals surface area contributed by atoms with Crippen LogP contribution in [-0.4, -0.2) is 22.3 Å². The molecular formula is C15H19N3O2. The average molecular weight is 273 g/mol. The third-order valence-corrected chi connectivity index (χ3v) is 2.83. The van der Waals surface area contributed by atoms with Gasteiger partial charge in [-0.25, -0.2) is 0 Å². The molecular weight excluding hydrogens is 254 g/mol. The molecule has 0 saturated carbocycles. The maximum absolute atomic E-state index is 11.8. The average Bonchev–Trinajstić information content (AvgIpc) is 2.64. The summed E-state index contributed by atoms with van der Waals surface area (Å²) in [6, 6.07) is 7.70. The Morgan fingerprint density at radius 2 is 1.85 bits per heavy atom. The van der Waals surface area contributed by atoms with Gasteiger partial charge in [0.1, 0.15) is 11.6 Å². The third-order valence-electron chi connectivity index (χ3n) is 2.83. The van der Waals surface area contributed by atoms with Gasteiger partial charge in [-0.05, 0) is 44.0 Å². The summed E-state index contributed by atoms with van der Waals surface area (Å²) in [6.07, 6.45) is 0. The van der Waals surface area contributed by atoms with Crippen LogP contribution in [0, 0.1) is 20.8 Å². The van der Waals surface area contributed by atoms with E-state index in [-0.39, 0.29) is 12.5 Å². The summed E-state index contributed by atoms with van der Waals surface area (Å²) >= 11 is 0. The molecule has 2 aromatic rings. The monoisotopic (exact) mass is 273 g/mol. The van der Waals surface area contributed by atoms with E-state index < -0.39 is 0 Å². The molecule has 1 N–H and O–H groups in total. The lowest BCUT2D eigenvalue weighted by atomic mass is 10.1. The van der Waals surface area contributed by atoms with Gasteiger partial charge in [0.25, 0.3) is 5.91 Å². The summed E-state index contributed by atoms with van der Waals surface area (Å²) in [5.41, 5.74) is 3.09. The van der Waals surface area contributed by atoms with Crippen molar-refractivity contribution in [1.29, 1.82) is 0 Å². The van der Waals surface area contributed by atoms with Gasteiger partial charge in [-0.3, -0.25) is 9.48 Å². The molecule has 0 aliphatic carbocycles. The van der Waals surface area contributed by atoms with Crippen LogP contribution in [0.3, 0.4) is 0 Å². The summed E-state index contributed by atoms with van der Waals surface area (Å²) in [6.45, 7) is 5.85. The molecule has 0 aliphatic heterocycles. The highest BCUT2D eigenvalue weighted by atomic mass is 16.5. The van der Waals surface area contributed by atoms with Gasteiger partial charge in [0.15, 0.2) is 6.61 Å².